The van der Waals surface area contributed by atoms with Gasteiger partial charge >= 0.3 is 11.9 Å². The predicted octanol–water partition coefficient (Wildman–Crippen LogP) is 3.07. The summed E-state index contributed by atoms with van der Waals surface area (Å²) in [6.45, 7) is 8.85. The maximum Gasteiger partial charge on any atom is 0.351 e. The quantitative estimate of drug-likeness (QED) is 0.329. The van der Waals surface area contributed by atoms with Gasteiger partial charge in [-0.25, -0.2) is 9.59 Å². The third kappa shape index (κ3) is 6.66. The lowest BCUT2D eigenvalue weighted by atomic mass is 10.2. The third-order valence-electron chi connectivity index (χ3n) is 2.03. The Hall–Kier alpha value is -1.50. The van der Waals surface area contributed by atoms with Crippen molar-refractivity contribution < 1.29 is 19.1 Å². The van der Waals surface area contributed by atoms with Crippen molar-refractivity contribution in [3.05, 3.63) is 46.6 Å². The average molecular weight is 402 g/mol. The van der Waals surface area contributed by atoms with E-state index in [0.717, 1.165) is 3.57 Å². The van der Waals surface area contributed by atoms with Crippen LogP contribution in [0.4, 0.5) is 0 Å². The second-order valence-electron chi connectivity index (χ2n) is 5.09. The predicted molar refractivity (Wildman–Crippen MR) is 91.2 cm³/mol. The van der Waals surface area contributed by atoms with Gasteiger partial charge in [-0.15, -0.1) is 0 Å². The van der Waals surface area contributed by atoms with Crippen LogP contribution in [-0.2, 0) is 19.1 Å². The lowest BCUT2D eigenvalue weighted by Gasteiger charge is -2.19. The molecule has 1 aromatic carbocycles. The Morgan fingerprint density at radius 1 is 1.19 bits per heavy atom. The van der Waals surface area contributed by atoms with Crippen molar-refractivity contribution in [2.45, 2.75) is 26.4 Å². The third-order valence-corrected chi connectivity index (χ3v) is 4.79. The number of benzene rings is 1. The zero-order valence-corrected chi connectivity index (χ0v) is 14.5. The molecule has 5 heteroatoms. The summed E-state index contributed by atoms with van der Waals surface area (Å²) in [5, 5.41) is 0. The molecule has 21 heavy (non-hydrogen) atoms. The molecule has 0 aromatic heterocycles. The first-order valence-corrected chi connectivity index (χ1v) is 8.57. The molecule has 0 radical (unpaired) electrons. The topological polar surface area (TPSA) is 52.6 Å². The van der Waals surface area contributed by atoms with Gasteiger partial charge in [0.05, 0.1) is 0 Å². The van der Waals surface area contributed by atoms with Gasteiger partial charge < -0.3 is 9.47 Å². The van der Waals surface area contributed by atoms with Crippen molar-refractivity contribution in [3.63, 3.8) is 0 Å². The van der Waals surface area contributed by atoms with Gasteiger partial charge in [0.25, 0.3) is 0 Å². The van der Waals surface area contributed by atoms with E-state index in [1.165, 1.54) is 6.08 Å². The molecule has 0 unspecified atom stereocenters. The monoisotopic (exact) mass is 402 g/mol. The van der Waals surface area contributed by atoms with Crippen LogP contribution in [0.2, 0.25) is 0 Å². The Morgan fingerprint density at radius 2 is 1.81 bits per heavy atom. The molecule has 0 aliphatic carbocycles. The second-order valence-corrected chi connectivity index (χ2v) is 7.96. The first-order valence-electron chi connectivity index (χ1n) is 6.41. The number of esters is 2. The van der Waals surface area contributed by atoms with E-state index in [2.05, 4.69) is 6.58 Å². The van der Waals surface area contributed by atoms with E-state index in [1.54, 1.807) is 20.8 Å². The Kier molecular flexibility index (Phi) is 6.74. The van der Waals surface area contributed by atoms with Crippen LogP contribution in [0.25, 0.3) is 0 Å². The Balaban J connectivity index is 3.05. The number of halogens is 1. The summed E-state index contributed by atoms with van der Waals surface area (Å²) in [7, 11) is 0. The van der Waals surface area contributed by atoms with E-state index in [9.17, 15) is 9.59 Å². The smallest absolute Gasteiger partial charge is 0.351 e. The van der Waals surface area contributed by atoms with Gasteiger partial charge in [-0.3, -0.25) is 0 Å². The maximum atomic E-state index is 12.2. The minimum Gasteiger partial charge on any atom is -0.457 e. The van der Waals surface area contributed by atoms with Gasteiger partial charge in [-0.1, -0.05) is 51.6 Å². The number of carbonyl (C=O) groups excluding carboxylic acids is 2. The molecular weight excluding hydrogens is 383 g/mol. The first-order chi connectivity index (χ1) is 9.83. The molecule has 1 aromatic rings. The minimum absolute atomic E-state index is 0.0731. The van der Waals surface area contributed by atoms with Crippen molar-refractivity contribution in [1.29, 1.82) is 0 Å². The van der Waals surface area contributed by atoms with Gasteiger partial charge in [-0.2, -0.15) is 0 Å². The summed E-state index contributed by atoms with van der Waals surface area (Å²) < 4.78 is 11.3. The van der Waals surface area contributed by atoms with E-state index < -0.39 is 38.3 Å². The number of hydrogen-bond donors (Lipinski definition) is 0. The van der Waals surface area contributed by atoms with E-state index >= 15 is 0 Å². The molecule has 0 aliphatic heterocycles. The number of ether oxygens (including phenoxy) is 2. The minimum atomic E-state index is -0.959. The van der Waals surface area contributed by atoms with Crippen molar-refractivity contribution in [1.82, 2.24) is 0 Å². The summed E-state index contributed by atoms with van der Waals surface area (Å²) in [5.41, 5.74) is -0.651. The highest BCUT2D eigenvalue weighted by Gasteiger charge is 2.26. The van der Waals surface area contributed by atoms with Crippen molar-refractivity contribution in [2.75, 3.05) is 6.61 Å². The normalized spacial score (nSPS) is 12.0. The number of hydrogen-bond acceptors (Lipinski definition) is 4. The summed E-state index contributed by atoms with van der Waals surface area (Å²) in [6.07, 6.45) is 1.46. The highest BCUT2D eigenvalue weighted by molar-refractivity contribution is 14.2. The molecule has 0 fully saturated rings. The summed E-state index contributed by atoms with van der Waals surface area (Å²) >= 11 is -0.959. The van der Waals surface area contributed by atoms with Crippen molar-refractivity contribution in [3.8, 4) is 0 Å². The van der Waals surface area contributed by atoms with Crippen LogP contribution in [-0.4, -0.2) is 27.7 Å². The summed E-state index contributed by atoms with van der Waals surface area (Å²) in [4.78, 5) is 24.3. The van der Waals surface area contributed by atoms with Crippen LogP contribution in [0.3, 0.4) is 0 Å². The standard InChI is InChI=1S/C16H19IO4/c1-5-11-20-14(18)13(15(19)21-16(2,3)4)17-12-9-7-6-8-10-12/h5-10H,1,11H2,2-4H3. The van der Waals surface area contributed by atoms with Crippen LogP contribution in [0.15, 0.2) is 43.0 Å². The second kappa shape index (κ2) is 8.07. The molecule has 4 nitrogen and oxygen atoms in total. The number of rotatable bonds is 5. The molecular formula is C16H19IO4. The van der Waals surface area contributed by atoms with E-state index in [-0.39, 0.29) is 10.1 Å². The van der Waals surface area contributed by atoms with Crippen molar-refractivity contribution >= 4 is 36.2 Å². The molecule has 0 heterocycles. The zero-order chi connectivity index (χ0) is 15.9. The van der Waals surface area contributed by atoms with Crippen LogP contribution in [0.1, 0.15) is 20.8 Å². The highest BCUT2D eigenvalue weighted by Crippen LogP contribution is 2.17. The molecule has 0 bridgehead atoms. The Bertz CT molecular complexity index is 541. The Morgan fingerprint density at radius 3 is 2.33 bits per heavy atom. The zero-order valence-electron chi connectivity index (χ0n) is 12.4. The van der Waals surface area contributed by atoms with Crippen LogP contribution < -0.4 is 0 Å². The van der Waals surface area contributed by atoms with Gasteiger partial charge in [0.2, 0.25) is 0 Å². The molecule has 0 aliphatic rings. The van der Waals surface area contributed by atoms with E-state index in [1.807, 2.05) is 30.3 Å². The first kappa shape index (κ1) is 17.6. The molecule has 0 atom stereocenters. The fraction of sp³-hybridized carbons (Fsp3) is 0.312. The van der Waals surface area contributed by atoms with Gasteiger partial charge in [0, 0.05) is 3.57 Å². The lowest BCUT2D eigenvalue weighted by molar-refractivity contribution is -0.147. The van der Waals surface area contributed by atoms with E-state index in [4.69, 9.17) is 9.47 Å². The fourth-order valence-electron chi connectivity index (χ4n) is 1.27. The lowest BCUT2D eigenvalue weighted by Crippen LogP contribution is -2.33. The van der Waals surface area contributed by atoms with Crippen LogP contribution in [0, 0.1) is 3.57 Å². The van der Waals surface area contributed by atoms with Gasteiger partial charge in [0.1, 0.15) is 12.2 Å². The van der Waals surface area contributed by atoms with E-state index in [0.29, 0.717) is 0 Å². The summed E-state index contributed by atoms with van der Waals surface area (Å²) in [6, 6.07) is 9.40. The molecule has 1 rings (SSSR count). The molecule has 0 N–H and O–H groups in total. The average Bonchev–Trinajstić information content (AvgIpc) is 2.41. The molecule has 114 valence electrons. The highest BCUT2D eigenvalue weighted by atomic mass is 127. The molecule has 0 saturated heterocycles. The molecule has 0 saturated carbocycles. The summed E-state index contributed by atoms with van der Waals surface area (Å²) in [5.74, 6) is -1.23. The molecule has 0 spiro atoms. The number of carbonyl (C=O) groups is 2. The largest absolute Gasteiger partial charge is 0.457 e. The Labute approximate surface area is 134 Å². The fourth-order valence-corrected chi connectivity index (χ4v) is 3.37. The van der Waals surface area contributed by atoms with Crippen LogP contribution >= 0.6 is 20.7 Å². The van der Waals surface area contributed by atoms with Gasteiger partial charge in [-0.05, 0) is 32.9 Å². The maximum absolute atomic E-state index is 12.2. The van der Waals surface area contributed by atoms with Crippen LogP contribution in [0.5, 0.6) is 0 Å². The van der Waals surface area contributed by atoms with Gasteiger partial charge in [0.15, 0.2) is 3.51 Å². The van der Waals surface area contributed by atoms with Crippen molar-refractivity contribution in [2.24, 2.45) is 0 Å². The SMILES string of the molecule is C=CCOC(=O)C(=Ic1ccccc1)C(=O)OC(C)(C)C. The molecule has 0 amide bonds.